The van der Waals surface area contributed by atoms with Crippen molar-refractivity contribution >= 4 is 17.6 Å². The number of ether oxygens (including phenoxy) is 2. The Kier molecular flexibility index (Phi) is 5.93. The highest BCUT2D eigenvalue weighted by molar-refractivity contribution is 5.92. The standard InChI is InChI=1S/C29H27NO4/c1-20-14-23-19-33-28(32)29(23,17-20)18-21-10-12-24(13-11-21)30-27(31)16-22-6-5-9-26(15-22)34-25-7-3-2-4-8-25/h2-13,15,23H,1,14,16-19H2,(H,30,31). The number of nitrogens with one attached hydrogen (secondary N) is 1. The first-order valence-corrected chi connectivity index (χ1v) is 11.5. The van der Waals surface area contributed by atoms with Crippen molar-refractivity contribution in [2.75, 3.05) is 11.9 Å². The molecule has 1 aliphatic heterocycles. The Balaban J connectivity index is 1.19. The summed E-state index contributed by atoms with van der Waals surface area (Å²) in [5.41, 5.74) is 3.30. The number of cyclic esters (lactones) is 1. The molecule has 1 saturated heterocycles. The van der Waals surface area contributed by atoms with Crippen LogP contribution in [0.5, 0.6) is 11.5 Å². The second-order valence-electron chi connectivity index (χ2n) is 9.24. The summed E-state index contributed by atoms with van der Waals surface area (Å²) in [4.78, 5) is 25.1. The van der Waals surface area contributed by atoms with Crippen molar-refractivity contribution in [1.82, 2.24) is 0 Å². The van der Waals surface area contributed by atoms with Gasteiger partial charge in [0.05, 0.1) is 18.4 Å². The minimum Gasteiger partial charge on any atom is -0.465 e. The number of carbonyl (C=O) groups excluding carboxylic acids is 2. The largest absolute Gasteiger partial charge is 0.465 e. The number of allylic oxidation sites excluding steroid dienone is 1. The summed E-state index contributed by atoms with van der Waals surface area (Å²) in [6.45, 7) is 4.59. The monoisotopic (exact) mass is 453 g/mol. The molecule has 0 aromatic heterocycles. The van der Waals surface area contributed by atoms with Gasteiger partial charge in [-0.15, -0.1) is 0 Å². The van der Waals surface area contributed by atoms with Crippen LogP contribution in [0, 0.1) is 11.3 Å². The van der Waals surface area contributed by atoms with Crippen LogP contribution >= 0.6 is 0 Å². The molecule has 34 heavy (non-hydrogen) atoms. The van der Waals surface area contributed by atoms with Crippen molar-refractivity contribution < 1.29 is 19.1 Å². The van der Waals surface area contributed by atoms with Crippen LogP contribution in [0.1, 0.15) is 24.0 Å². The highest BCUT2D eigenvalue weighted by Gasteiger charge is 2.55. The van der Waals surface area contributed by atoms with Gasteiger partial charge in [0.15, 0.2) is 0 Å². The number of hydrogen-bond acceptors (Lipinski definition) is 4. The van der Waals surface area contributed by atoms with E-state index in [2.05, 4.69) is 11.9 Å². The maximum Gasteiger partial charge on any atom is 0.313 e. The fourth-order valence-electron chi connectivity index (χ4n) is 5.07. The molecule has 3 aromatic rings. The van der Waals surface area contributed by atoms with Crippen LogP contribution in [0.15, 0.2) is 91.0 Å². The number of esters is 1. The van der Waals surface area contributed by atoms with Crippen molar-refractivity contribution in [3.8, 4) is 11.5 Å². The zero-order valence-corrected chi connectivity index (χ0v) is 19.0. The maximum atomic E-state index is 12.6. The second kappa shape index (κ2) is 9.18. The lowest BCUT2D eigenvalue weighted by atomic mass is 9.75. The molecule has 3 aromatic carbocycles. The van der Waals surface area contributed by atoms with E-state index in [9.17, 15) is 9.59 Å². The number of anilines is 1. The Morgan fingerprint density at radius 1 is 1.00 bits per heavy atom. The number of amides is 1. The third kappa shape index (κ3) is 4.60. The maximum absolute atomic E-state index is 12.6. The highest BCUT2D eigenvalue weighted by Crippen LogP contribution is 2.52. The van der Waals surface area contributed by atoms with Crippen LogP contribution in [0.3, 0.4) is 0 Å². The molecule has 2 atom stereocenters. The van der Waals surface area contributed by atoms with Gasteiger partial charge in [-0.25, -0.2) is 0 Å². The van der Waals surface area contributed by atoms with Crippen LogP contribution in [0.2, 0.25) is 0 Å². The van der Waals surface area contributed by atoms with E-state index in [0.717, 1.165) is 34.6 Å². The first-order chi connectivity index (χ1) is 16.5. The predicted octanol–water partition coefficient (Wildman–Crippen LogP) is 5.71. The molecule has 5 heteroatoms. The third-order valence-electron chi connectivity index (χ3n) is 6.70. The molecule has 172 valence electrons. The Morgan fingerprint density at radius 2 is 1.76 bits per heavy atom. The zero-order valence-electron chi connectivity index (χ0n) is 19.0. The molecular formula is C29H27NO4. The molecule has 1 saturated carbocycles. The van der Waals surface area contributed by atoms with E-state index in [1.807, 2.05) is 78.9 Å². The van der Waals surface area contributed by atoms with E-state index in [-0.39, 0.29) is 24.2 Å². The molecule has 2 fully saturated rings. The average Bonchev–Trinajstić information content (AvgIpc) is 3.29. The Labute approximate surface area is 199 Å². The molecule has 2 aliphatic rings. The molecular weight excluding hydrogens is 426 g/mol. The highest BCUT2D eigenvalue weighted by atomic mass is 16.5. The van der Waals surface area contributed by atoms with Gasteiger partial charge < -0.3 is 14.8 Å². The third-order valence-corrected chi connectivity index (χ3v) is 6.70. The van der Waals surface area contributed by atoms with Crippen molar-refractivity contribution in [2.24, 2.45) is 11.3 Å². The minimum absolute atomic E-state index is 0.102. The molecule has 1 N–H and O–H groups in total. The Bertz CT molecular complexity index is 1220. The quantitative estimate of drug-likeness (QED) is 0.368. The Morgan fingerprint density at radius 3 is 2.56 bits per heavy atom. The molecule has 5 nitrogen and oxygen atoms in total. The molecule has 2 unspecified atom stereocenters. The lowest BCUT2D eigenvalue weighted by Gasteiger charge is -2.24. The van der Waals surface area contributed by atoms with Crippen molar-refractivity contribution in [1.29, 1.82) is 0 Å². The van der Waals surface area contributed by atoms with Gasteiger partial charge >= 0.3 is 5.97 Å². The van der Waals surface area contributed by atoms with Crippen molar-refractivity contribution in [3.63, 3.8) is 0 Å². The van der Waals surface area contributed by atoms with E-state index in [1.54, 1.807) is 0 Å². The number of hydrogen-bond donors (Lipinski definition) is 1. The zero-order chi connectivity index (χ0) is 23.5. The molecule has 0 spiro atoms. The van der Waals surface area contributed by atoms with E-state index in [0.29, 0.717) is 25.2 Å². The van der Waals surface area contributed by atoms with E-state index in [4.69, 9.17) is 9.47 Å². The molecule has 1 aliphatic carbocycles. The summed E-state index contributed by atoms with van der Waals surface area (Å²) in [6.07, 6.45) is 2.43. The topological polar surface area (TPSA) is 64.6 Å². The molecule has 1 heterocycles. The molecule has 1 amide bonds. The van der Waals surface area contributed by atoms with Gasteiger partial charge in [0.25, 0.3) is 0 Å². The van der Waals surface area contributed by atoms with Gasteiger partial charge in [0.2, 0.25) is 5.91 Å². The fraction of sp³-hybridized carbons (Fsp3) is 0.241. The van der Waals surface area contributed by atoms with E-state index >= 15 is 0 Å². The van der Waals surface area contributed by atoms with Gasteiger partial charge in [0, 0.05) is 11.6 Å². The summed E-state index contributed by atoms with van der Waals surface area (Å²) >= 11 is 0. The van der Waals surface area contributed by atoms with Gasteiger partial charge in [-0.05, 0) is 66.8 Å². The minimum atomic E-state index is -0.477. The molecule has 0 radical (unpaired) electrons. The summed E-state index contributed by atoms with van der Waals surface area (Å²) in [6, 6.07) is 24.8. The first-order valence-electron chi connectivity index (χ1n) is 11.5. The van der Waals surface area contributed by atoms with Crippen LogP contribution < -0.4 is 10.1 Å². The fourth-order valence-corrected chi connectivity index (χ4v) is 5.07. The average molecular weight is 454 g/mol. The number of benzene rings is 3. The SMILES string of the molecule is C=C1CC2COC(=O)C2(Cc2ccc(NC(=O)Cc3cccc(Oc4ccccc4)c3)cc2)C1. The smallest absolute Gasteiger partial charge is 0.313 e. The van der Waals surface area contributed by atoms with Crippen LogP contribution in [-0.4, -0.2) is 18.5 Å². The van der Waals surface area contributed by atoms with Crippen LogP contribution in [0.25, 0.3) is 0 Å². The number of fused-ring (bicyclic) bond motifs is 1. The predicted molar refractivity (Wildman–Crippen MR) is 131 cm³/mol. The first kappa shape index (κ1) is 22.0. The summed E-state index contributed by atoms with van der Waals surface area (Å²) in [5.74, 6) is 1.46. The second-order valence-corrected chi connectivity index (χ2v) is 9.24. The van der Waals surface area contributed by atoms with Gasteiger partial charge in [0.1, 0.15) is 11.5 Å². The van der Waals surface area contributed by atoms with Crippen molar-refractivity contribution in [2.45, 2.75) is 25.7 Å². The Hall–Kier alpha value is -3.86. The van der Waals surface area contributed by atoms with Crippen LogP contribution in [0.4, 0.5) is 5.69 Å². The lowest BCUT2D eigenvalue weighted by molar-refractivity contribution is -0.146. The number of para-hydroxylation sites is 1. The summed E-state index contributed by atoms with van der Waals surface area (Å²) in [7, 11) is 0. The van der Waals surface area contributed by atoms with E-state index < -0.39 is 5.41 Å². The van der Waals surface area contributed by atoms with Gasteiger partial charge in [-0.3, -0.25) is 9.59 Å². The lowest BCUT2D eigenvalue weighted by Crippen LogP contribution is -2.31. The number of rotatable bonds is 7. The summed E-state index contributed by atoms with van der Waals surface area (Å²) in [5, 5.41) is 2.96. The van der Waals surface area contributed by atoms with Gasteiger partial charge in [-0.2, -0.15) is 0 Å². The van der Waals surface area contributed by atoms with Crippen molar-refractivity contribution in [3.05, 3.63) is 102 Å². The molecule has 0 bridgehead atoms. The number of carbonyl (C=O) groups is 2. The van der Waals surface area contributed by atoms with Gasteiger partial charge in [-0.1, -0.05) is 54.6 Å². The van der Waals surface area contributed by atoms with Crippen LogP contribution in [-0.2, 0) is 27.2 Å². The normalized spacial score (nSPS) is 21.1. The summed E-state index contributed by atoms with van der Waals surface area (Å²) < 4.78 is 11.2. The molecule has 5 rings (SSSR count). The van der Waals surface area contributed by atoms with E-state index in [1.165, 1.54) is 0 Å².